The van der Waals surface area contributed by atoms with Gasteiger partial charge in [-0.1, -0.05) is 6.08 Å². The molecule has 0 unspecified atom stereocenters. The van der Waals surface area contributed by atoms with Gasteiger partial charge in [-0.05, 0) is 35.0 Å². The zero-order chi connectivity index (χ0) is 14.4. The molecule has 2 aromatic rings. The van der Waals surface area contributed by atoms with E-state index in [9.17, 15) is 0 Å². The molecule has 5 nitrogen and oxygen atoms in total. The summed E-state index contributed by atoms with van der Waals surface area (Å²) < 4.78 is 3.01. The van der Waals surface area contributed by atoms with Gasteiger partial charge in [0.2, 0.25) is 0 Å². The highest BCUT2D eigenvalue weighted by molar-refractivity contribution is 14.0. The van der Waals surface area contributed by atoms with Crippen molar-refractivity contribution in [2.24, 2.45) is 4.99 Å². The van der Waals surface area contributed by atoms with E-state index in [4.69, 9.17) is 0 Å². The molecule has 7 heteroatoms. The first-order valence-electron chi connectivity index (χ1n) is 6.49. The van der Waals surface area contributed by atoms with E-state index in [1.807, 2.05) is 35.9 Å². The number of guanidine groups is 1. The van der Waals surface area contributed by atoms with E-state index >= 15 is 0 Å². The fraction of sp³-hybridized carbons (Fsp3) is 0.286. The van der Waals surface area contributed by atoms with Crippen molar-refractivity contribution in [1.82, 2.24) is 20.0 Å². The molecule has 0 bridgehead atoms. The number of hydrogen-bond acceptors (Lipinski definition) is 2. The van der Waals surface area contributed by atoms with Crippen LogP contribution in [0.3, 0.4) is 0 Å². The largest absolute Gasteiger partial charge is 0.357 e. The van der Waals surface area contributed by atoms with Crippen molar-refractivity contribution >= 4 is 51.5 Å². The average molecular weight is 464 g/mol. The Hall–Kier alpha value is -1.09. The highest BCUT2D eigenvalue weighted by Crippen LogP contribution is 2.12. The van der Waals surface area contributed by atoms with Gasteiger partial charge in [0.15, 0.2) is 5.96 Å². The van der Waals surface area contributed by atoms with Crippen molar-refractivity contribution in [3.05, 3.63) is 47.3 Å². The molecule has 0 aliphatic heterocycles. The maximum Gasteiger partial charge on any atom is 0.191 e. The van der Waals surface area contributed by atoms with Crippen molar-refractivity contribution in [3.8, 4) is 0 Å². The van der Waals surface area contributed by atoms with Crippen molar-refractivity contribution in [3.63, 3.8) is 0 Å². The molecule has 0 aliphatic rings. The summed E-state index contributed by atoms with van der Waals surface area (Å²) in [5.41, 5.74) is 1.85. The van der Waals surface area contributed by atoms with Gasteiger partial charge < -0.3 is 15.0 Å². The molecule has 0 atom stereocenters. The van der Waals surface area contributed by atoms with Crippen LogP contribution in [0.25, 0.3) is 5.65 Å². The monoisotopic (exact) mass is 463 g/mol. The van der Waals surface area contributed by atoms with Gasteiger partial charge in [-0.25, -0.2) is 9.98 Å². The zero-order valence-electron chi connectivity index (χ0n) is 11.8. The molecule has 2 aromatic heterocycles. The summed E-state index contributed by atoms with van der Waals surface area (Å²) in [4.78, 5) is 9.02. The van der Waals surface area contributed by atoms with Crippen LogP contribution in [-0.4, -0.2) is 28.4 Å². The summed E-state index contributed by atoms with van der Waals surface area (Å²) in [5.74, 6) is 0.769. The number of imidazole rings is 1. The second kappa shape index (κ2) is 9.04. The van der Waals surface area contributed by atoms with Crippen molar-refractivity contribution in [1.29, 1.82) is 0 Å². The normalized spacial score (nSPS) is 11.0. The highest BCUT2D eigenvalue weighted by Gasteiger charge is 2.02. The Morgan fingerprint density at radius 1 is 1.43 bits per heavy atom. The third kappa shape index (κ3) is 5.31. The molecule has 2 heterocycles. The number of rotatable bonds is 5. The molecule has 0 aromatic carbocycles. The van der Waals surface area contributed by atoms with Crippen LogP contribution in [0.4, 0.5) is 0 Å². The lowest BCUT2D eigenvalue weighted by Gasteiger charge is -2.08. The summed E-state index contributed by atoms with van der Waals surface area (Å²) in [5, 5.41) is 6.34. The summed E-state index contributed by atoms with van der Waals surface area (Å²) in [6.07, 6.45) is 5.77. The molecule has 114 valence electrons. The summed E-state index contributed by atoms with van der Waals surface area (Å²) in [6.45, 7) is 7.76. The van der Waals surface area contributed by atoms with Crippen molar-refractivity contribution in [2.75, 3.05) is 13.1 Å². The van der Waals surface area contributed by atoms with Gasteiger partial charge in [0.1, 0.15) is 5.65 Å². The van der Waals surface area contributed by atoms with E-state index in [0.29, 0.717) is 13.1 Å². The van der Waals surface area contributed by atoms with Crippen LogP contribution in [0.15, 0.2) is 46.6 Å². The maximum atomic E-state index is 4.53. The molecule has 2 rings (SSSR count). The Morgan fingerprint density at radius 3 is 2.95 bits per heavy atom. The molecule has 0 saturated carbocycles. The van der Waals surface area contributed by atoms with Crippen LogP contribution in [-0.2, 0) is 6.54 Å². The van der Waals surface area contributed by atoms with Gasteiger partial charge in [0, 0.05) is 30.0 Å². The molecule has 0 saturated heterocycles. The van der Waals surface area contributed by atoms with Gasteiger partial charge in [-0.15, -0.1) is 30.6 Å². The third-order valence-electron chi connectivity index (χ3n) is 2.62. The molecule has 0 spiro atoms. The topological polar surface area (TPSA) is 53.7 Å². The number of nitrogens with one attached hydrogen (secondary N) is 2. The van der Waals surface area contributed by atoms with Gasteiger partial charge in [0.05, 0.1) is 12.2 Å². The Bertz CT molecular complexity index is 623. The fourth-order valence-corrected chi connectivity index (χ4v) is 2.12. The minimum Gasteiger partial charge on any atom is -0.357 e. The van der Waals surface area contributed by atoms with Crippen LogP contribution >= 0.6 is 39.9 Å². The van der Waals surface area contributed by atoms with Crippen LogP contribution in [0, 0.1) is 0 Å². The van der Waals surface area contributed by atoms with Crippen LogP contribution < -0.4 is 10.6 Å². The molecule has 21 heavy (non-hydrogen) atoms. The van der Waals surface area contributed by atoms with E-state index in [0.717, 1.165) is 28.3 Å². The van der Waals surface area contributed by atoms with Gasteiger partial charge in [0.25, 0.3) is 0 Å². The molecule has 0 radical (unpaired) electrons. The number of aromatic nitrogens is 2. The summed E-state index contributed by atoms with van der Waals surface area (Å²) in [6, 6.07) is 3.95. The van der Waals surface area contributed by atoms with E-state index in [2.05, 4.69) is 43.1 Å². The molecular weight excluding hydrogens is 445 g/mol. The first-order chi connectivity index (χ1) is 9.72. The van der Waals surface area contributed by atoms with E-state index in [-0.39, 0.29) is 24.0 Å². The van der Waals surface area contributed by atoms with Crippen LogP contribution in [0.5, 0.6) is 0 Å². The maximum absolute atomic E-state index is 4.53. The lowest BCUT2D eigenvalue weighted by molar-refractivity contribution is 0.855. The number of nitrogens with zero attached hydrogens (tertiary/aromatic N) is 3. The lowest BCUT2D eigenvalue weighted by Crippen LogP contribution is -2.37. The molecule has 0 aliphatic carbocycles. The summed E-state index contributed by atoms with van der Waals surface area (Å²) in [7, 11) is 0. The molecule has 0 fully saturated rings. The van der Waals surface area contributed by atoms with Gasteiger partial charge in [-0.2, -0.15) is 0 Å². The number of pyridine rings is 1. The van der Waals surface area contributed by atoms with Gasteiger partial charge >= 0.3 is 0 Å². The molecular formula is C14H19BrIN5. The second-order valence-corrected chi connectivity index (χ2v) is 5.13. The number of aliphatic imine (C=N–C) groups is 1. The van der Waals surface area contributed by atoms with E-state index in [1.54, 1.807) is 6.08 Å². The Balaban J connectivity index is 0.00000220. The predicted molar refractivity (Wildman–Crippen MR) is 101 cm³/mol. The third-order valence-corrected chi connectivity index (χ3v) is 3.09. The highest BCUT2D eigenvalue weighted by atomic mass is 127. The standard InChI is InChI=1S/C14H18BrN5.HI/c1-3-7-17-14(16-4-2)18-8-12-10-20-9-11(15)5-6-13(20)19-12;/h3,5-6,9-10H,1,4,7-8H2,2H3,(H2,16,17,18);1H. The zero-order valence-corrected chi connectivity index (χ0v) is 15.8. The average Bonchev–Trinajstić information content (AvgIpc) is 2.83. The van der Waals surface area contributed by atoms with E-state index in [1.165, 1.54) is 0 Å². The minimum absolute atomic E-state index is 0. The second-order valence-electron chi connectivity index (χ2n) is 4.21. The predicted octanol–water partition coefficient (Wildman–Crippen LogP) is 2.96. The van der Waals surface area contributed by atoms with Gasteiger partial charge in [-0.3, -0.25) is 0 Å². The lowest BCUT2D eigenvalue weighted by atomic mass is 10.5. The SMILES string of the molecule is C=CCNC(=NCc1cn2cc(Br)ccc2n1)NCC.I. The quantitative estimate of drug-likeness (QED) is 0.310. The first-order valence-corrected chi connectivity index (χ1v) is 7.28. The first kappa shape index (κ1) is 18.0. The number of fused-ring (bicyclic) bond motifs is 1. The van der Waals surface area contributed by atoms with Crippen LogP contribution in [0.1, 0.15) is 12.6 Å². The van der Waals surface area contributed by atoms with Crippen molar-refractivity contribution in [2.45, 2.75) is 13.5 Å². The van der Waals surface area contributed by atoms with Crippen LogP contribution in [0.2, 0.25) is 0 Å². The number of halogens is 2. The summed E-state index contributed by atoms with van der Waals surface area (Å²) >= 11 is 3.45. The Morgan fingerprint density at radius 2 is 2.24 bits per heavy atom. The Labute approximate surface area is 150 Å². The molecule has 2 N–H and O–H groups in total. The number of hydrogen-bond donors (Lipinski definition) is 2. The van der Waals surface area contributed by atoms with E-state index < -0.39 is 0 Å². The molecule has 0 amide bonds. The van der Waals surface area contributed by atoms with Crippen molar-refractivity contribution < 1.29 is 0 Å². The Kier molecular flexibility index (Phi) is 7.73. The smallest absolute Gasteiger partial charge is 0.191 e. The minimum atomic E-state index is 0. The fourth-order valence-electron chi connectivity index (χ4n) is 1.76.